The Kier molecular flexibility index (Phi) is 7.68. The smallest absolute Gasteiger partial charge is 0.231 e. The first-order chi connectivity index (χ1) is 12.1. The molecule has 5 nitrogen and oxygen atoms in total. The number of carbonyl (C=O) groups excluding carboxylic acids is 1. The van der Waals surface area contributed by atoms with E-state index in [4.69, 9.17) is 9.72 Å². The van der Waals surface area contributed by atoms with Gasteiger partial charge in [-0.1, -0.05) is 36.7 Å². The van der Waals surface area contributed by atoms with E-state index in [-0.39, 0.29) is 24.2 Å². The number of carbonyl (C=O) groups is 1. The van der Waals surface area contributed by atoms with Crippen molar-refractivity contribution in [2.24, 2.45) is 5.92 Å². The standard InChI is InChI=1S/C19H27N3O2S.ClH/c1-21(2)12-13-22(18(23)14-8-5-4-6-9-14)19-20-17-15(24-3)10-7-11-16(17)25-19;/h7,10-11,14H,4-6,8-9,12-13H2,1-3H3;1H. The number of hydrogen-bond acceptors (Lipinski definition) is 5. The minimum Gasteiger partial charge on any atom is -0.494 e. The van der Waals surface area contributed by atoms with Crippen LogP contribution in [0.3, 0.4) is 0 Å². The number of thiazole rings is 1. The molecule has 0 aliphatic heterocycles. The maximum atomic E-state index is 13.2. The van der Waals surface area contributed by atoms with Crippen molar-refractivity contribution in [1.82, 2.24) is 9.88 Å². The highest BCUT2D eigenvalue weighted by atomic mass is 35.5. The number of rotatable bonds is 6. The first kappa shape index (κ1) is 20.9. The average molecular weight is 398 g/mol. The van der Waals surface area contributed by atoms with E-state index in [1.807, 2.05) is 37.2 Å². The molecule has 0 atom stereocenters. The molecule has 1 aromatic carbocycles. The molecule has 1 aliphatic carbocycles. The number of benzene rings is 1. The zero-order chi connectivity index (χ0) is 17.8. The van der Waals surface area contributed by atoms with E-state index in [0.717, 1.165) is 53.3 Å². The van der Waals surface area contributed by atoms with Crippen LogP contribution in [0.4, 0.5) is 5.13 Å². The van der Waals surface area contributed by atoms with Gasteiger partial charge in [0.2, 0.25) is 5.91 Å². The number of anilines is 1. The predicted molar refractivity (Wildman–Crippen MR) is 111 cm³/mol. The van der Waals surface area contributed by atoms with E-state index in [9.17, 15) is 4.79 Å². The molecule has 144 valence electrons. The zero-order valence-corrected chi connectivity index (χ0v) is 17.4. The van der Waals surface area contributed by atoms with Crippen molar-refractivity contribution in [3.63, 3.8) is 0 Å². The molecule has 1 aliphatic rings. The molecular weight excluding hydrogens is 370 g/mol. The van der Waals surface area contributed by atoms with Crippen LogP contribution in [0.1, 0.15) is 32.1 Å². The molecule has 26 heavy (non-hydrogen) atoms. The van der Waals surface area contributed by atoms with E-state index >= 15 is 0 Å². The maximum Gasteiger partial charge on any atom is 0.231 e. The lowest BCUT2D eigenvalue weighted by Crippen LogP contribution is -2.41. The Morgan fingerprint density at radius 1 is 1.23 bits per heavy atom. The van der Waals surface area contributed by atoms with Gasteiger partial charge in [0, 0.05) is 19.0 Å². The molecule has 0 bridgehead atoms. The number of amides is 1. The lowest BCUT2D eigenvalue weighted by atomic mass is 9.88. The SMILES string of the molecule is COc1cccc2sc(N(CCN(C)C)C(=O)C3CCCCC3)nc12.Cl. The molecule has 0 saturated heterocycles. The highest BCUT2D eigenvalue weighted by molar-refractivity contribution is 7.22. The van der Waals surface area contributed by atoms with Gasteiger partial charge in [0.15, 0.2) is 5.13 Å². The second kappa shape index (κ2) is 9.53. The second-order valence-corrected chi connectivity index (χ2v) is 7.94. The number of ether oxygens (including phenoxy) is 1. The lowest BCUT2D eigenvalue weighted by Gasteiger charge is -2.28. The first-order valence-corrected chi connectivity index (χ1v) is 9.81. The summed E-state index contributed by atoms with van der Waals surface area (Å²) in [5, 5.41) is 0.789. The van der Waals surface area contributed by atoms with Gasteiger partial charge in [-0.2, -0.15) is 0 Å². The highest BCUT2D eigenvalue weighted by Crippen LogP contribution is 2.35. The second-order valence-electron chi connectivity index (χ2n) is 6.93. The molecular formula is C19H28ClN3O2S. The van der Waals surface area contributed by atoms with Crippen LogP contribution < -0.4 is 9.64 Å². The van der Waals surface area contributed by atoms with E-state index in [1.54, 1.807) is 18.4 Å². The van der Waals surface area contributed by atoms with Gasteiger partial charge in [0.25, 0.3) is 0 Å². The van der Waals surface area contributed by atoms with Crippen molar-refractivity contribution >= 4 is 45.0 Å². The molecule has 2 aromatic rings. The lowest BCUT2D eigenvalue weighted by molar-refractivity contribution is -0.123. The van der Waals surface area contributed by atoms with Crippen molar-refractivity contribution in [3.8, 4) is 5.75 Å². The summed E-state index contributed by atoms with van der Waals surface area (Å²) in [6.45, 7) is 1.50. The van der Waals surface area contributed by atoms with E-state index in [0.29, 0.717) is 6.54 Å². The van der Waals surface area contributed by atoms with Crippen molar-refractivity contribution in [3.05, 3.63) is 18.2 Å². The summed E-state index contributed by atoms with van der Waals surface area (Å²) in [5.41, 5.74) is 0.844. The Morgan fingerprint density at radius 3 is 2.62 bits per heavy atom. The third-order valence-corrected chi connectivity index (χ3v) is 5.86. The van der Waals surface area contributed by atoms with Crippen molar-refractivity contribution in [1.29, 1.82) is 0 Å². The number of nitrogens with zero attached hydrogens (tertiary/aromatic N) is 3. The highest BCUT2D eigenvalue weighted by Gasteiger charge is 2.29. The number of likely N-dealkylation sites (N-methyl/N-ethyl adjacent to an activating group) is 1. The number of methoxy groups -OCH3 is 1. The molecule has 7 heteroatoms. The summed E-state index contributed by atoms with van der Waals surface area (Å²) in [4.78, 5) is 22.0. The average Bonchev–Trinajstić information content (AvgIpc) is 3.06. The summed E-state index contributed by atoms with van der Waals surface area (Å²) >= 11 is 1.57. The Hall–Kier alpha value is -1.37. The third-order valence-electron chi connectivity index (χ3n) is 4.81. The van der Waals surface area contributed by atoms with Crippen LogP contribution in [0.15, 0.2) is 18.2 Å². The Labute approximate surface area is 165 Å². The van der Waals surface area contributed by atoms with Gasteiger partial charge in [-0.15, -0.1) is 12.4 Å². The molecule has 1 amide bonds. The van der Waals surface area contributed by atoms with Gasteiger partial charge in [0.05, 0.1) is 11.8 Å². The summed E-state index contributed by atoms with van der Waals surface area (Å²) in [6, 6.07) is 5.92. The molecule has 0 spiro atoms. The summed E-state index contributed by atoms with van der Waals surface area (Å²) in [5.74, 6) is 1.14. The fourth-order valence-electron chi connectivity index (χ4n) is 3.36. The van der Waals surface area contributed by atoms with Crippen molar-refractivity contribution < 1.29 is 9.53 Å². The van der Waals surface area contributed by atoms with Crippen molar-refractivity contribution in [2.75, 3.05) is 39.2 Å². The Morgan fingerprint density at radius 2 is 1.96 bits per heavy atom. The molecule has 1 aromatic heterocycles. The van der Waals surface area contributed by atoms with Gasteiger partial charge in [0.1, 0.15) is 11.3 Å². The van der Waals surface area contributed by atoms with E-state index in [2.05, 4.69) is 4.90 Å². The van der Waals surface area contributed by atoms with Gasteiger partial charge in [-0.05, 0) is 39.1 Å². The molecule has 0 radical (unpaired) electrons. The fraction of sp³-hybridized carbons (Fsp3) is 0.579. The zero-order valence-electron chi connectivity index (χ0n) is 15.7. The number of fused-ring (bicyclic) bond motifs is 1. The van der Waals surface area contributed by atoms with Crippen LogP contribution in [0, 0.1) is 5.92 Å². The number of aromatic nitrogens is 1. The minimum absolute atomic E-state index is 0. The van der Waals surface area contributed by atoms with Gasteiger partial charge in [-0.3, -0.25) is 9.69 Å². The van der Waals surface area contributed by atoms with E-state index < -0.39 is 0 Å². The normalized spacial score (nSPS) is 15.1. The molecule has 1 fully saturated rings. The summed E-state index contributed by atoms with van der Waals surface area (Å²) in [7, 11) is 5.72. The van der Waals surface area contributed by atoms with Crippen LogP contribution in [0.5, 0.6) is 5.75 Å². The van der Waals surface area contributed by atoms with Crippen LogP contribution in [-0.4, -0.2) is 50.1 Å². The molecule has 0 N–H and O–H groups in total. The topological polar surface area (TPSA) is 45.7 Å². The van der Waals surface area contributed by atoms with Crippen LogP contribution in [-0.2, 0) is 4.79 Å². The van der Waals surface area contributed by atoms with E-state index in [1.165, 1.54) is 6.42 Å². The fourth-order valence-corrected chi connectivity index (χ4v) is 4.38. The number of halogens is 1. The maximum absolute atomic E-state index is 13.2. The Bertz CT molecular complexity index is 729. The van der Waals surface area contributed by atoms with Crippen molar-refractivity contribution in [2.45, 2.75) is 32.1 Å². The van der Waals surface area contributed by atoms with Crippen LogP contribution in [0.2, 0.25) is 0 Å². The molecule has 1 heterocycles. The number of para-hydroxylation sites is 1. The predicted octanol–water partition coefficient (Wildman–Crippen LogP) is 4.20. The number of hydrogen-bond donors (Lipinski definition) is 0. The van der Waals surface area contributed by atoms with Gasteiger partial charge in [-0.25, -0.2) is 4.98 Å². The Balaban J connectivity index is 0.00000243. The van der Waals surface area contributed by atoms with Crippen LogP contribution >= 0.6 is 23.7 Å². The quantitative estimate of drug-likeness (QED) is 0.732. The monoisotopic (exact) mass is 397 g/mol. The minimum atomic E-state index is 0. The summed E-state index contributed by atoms with van der Waals surface area (Å²) < 4.78 is 6.48. The molecule has 1 saturated carbocycles. The van der Waals surface area contributed by atoms with Crippen LogP contribution in [0.25, 0.3) is 10.2 Å². The third kappa shape index (κ3) is 4.67. The van der Waals surface area contributed by atoms with Gasteiger partial charge < -0.3 is 9.64 Å². The largest absolute Gasteiger partial charge is 0.494 e. The molecule has 0 unspecified atom stereocenters. The summed E-state index contributed by atoms with van der Waals surface area (Å²) in [6.07, 6.45) is 5.58. The van der Waals surface area contributed by atoms with Gasteiger partial charge >= 0.3 is 0 Å². The first-order valence-electron chi connectivity index (χ1n) is 9.00. The molecule has 3 rings (SSSR count).